The highest BCUT2D eigenvalue weighted by atomic mass is 16.5. The van der Waals surface area contributed by atoms with E-state index in [2.05, 4.69) is 0 Å². The summed E-state index contributed by atoms with van der Waals surface area (Å²) in [6.45, 7) is 0.147. The zero-order valence-corrected chi connectivity index (χ0v) is 16.0. The molecule has 0 radical (unpaired) electrons. The van der Waals surface area contributed by atoms with E-state index in [1.165, 1.54) is 0 Å². The number of nitrogens with zero attached hydrogens (tertiary/aromatic N) is 1. The molecule has 1 aromatic heterocycles. The highest BCUT2D eigenvalue weighted by Crippen LogP contribution is 2.37. The first kappa shape index (κ1) is 19.9. The molecule has 4 rings (SSSR count). The van der Waals surface area contributed by atoms with Crippen molar-refractivity contribution >= 4 is 10.9 Å². The van der Waals surface area contributed by atoms with Gasteiger partial charge in [0.2, 0.25) is 0 Å². The fourth-order valence-electron chi connectivity index (χ4n) is 3.92. The highest BCUT2D eigenvalue weighted by molar-refractivity contribution is 5.84. The number of ether oxygens (including phenoxy) is 2. The Morgan fingerprint density at radius 2 is 1.69 bits per heavy atom. The first-order chi connectivity index (χ1) is 14.0. The number of benzene rings is 2. The average molecular weight is 399 g/mol. The Kier molecular flexibility index (Phi) is 5.58. The van der Waals surface area contributed by atoms with Gasteiger partial charge in [-0.05, 0) is 23.8 Å². The molecule has 7 heteroatoms. The maximum Gasteiger partial charge on any atom is 0.118 e. The number of aliphatic hydroxyl groups is 4. The smallest absolute Gasteiger partial charge is 0.118 e. The third kappa shape index (κ3) is 3.63. The number of para-hydroxylation sites is 1. The van der Waals surface area contributed by atoms with E-state index in [1.54, 1.807) is 7.11 Å². The molecule has 1 saturated heterocycles. The van der Waals surface area contributed by atoms with Gasteiger partial charge in [0.25, 0.3) is 0 Å². The van der Waals surface area contributed by atoms with E-state index in [1.807, 2.05) is 59.3 Å². The zero-order valence-electron chi connectivity index (χ0n) is 16.0. The SMILES string of the molecule is COc1ccc(Cn2cc([C@@H]3O[C@H](CO)C(O)[C@H](O)[C@H]3O)c3ccccc32)cc1. The van der Waals surface area contributed by atoms with Crippen molar-refractivity contribution in [2.75, 3.05) is 13.7 Å². The van der Waals surface area contributed by atoms with Gasteiger partial charge >= 0.3 is 0 Å². The average Bonchev–Trinajstić information content (AvgIpc) is 3.11. The quantitative estimate of drug-likeness (QED) is 0.514. The Hall–Kier alpha value is -2.42. The summed E-state index contributed by atoms with van der Waals surface area (Å²) in [4.78, 5) is 0. The predicted molar refractivity (Wildman–Crippen MR) is 107 cm³/mol. The van der Waals surface area contributed by atoms with Crippen LogP contribution in [0.1, 0.15) is 17.2 Å². The van der Waals surface area contributed by atoms with Crippen molar-refractivity contribution in [2.24, 2.45) is 0 Å². The van der Waals surface area contributed by atoms with Gasteiger partial charge in [0.05, 0.1) is 13.7 Å². The van der Waals surface area contributed by atoms with Crippen molar-refractivity contribution in [3.63, 3.8) is 0 Å². The van der Waals surface area contributed by atoms with Gasteiger partial charge in [0, 0.05) is 29.2 Å². The van der Waals surface area contributed by atoms with Gasteiger partial charge in [-0.3, -0.25) is 0 Å². The van der Waals surface area contributed by atoms with Crippen LogP contribution in [0.5, 0.6) is 5.75 Å². The molecule has 1 unspecified atom stereocenters. The summed E-state index contributed by atoms with van der Waals surface area (Å²) in [5.74, 6) is 0.785. The number of rotatable bonds is 5. The lowest BCUT2D eigenvalue weighted by Gasteiger charge is -2.40. The van der Waals surface area contributed by atoms with Crippen molar-refractivity contribution in [3.05, 3.63) is 65.9 Å². The number of hydrogen-bond donors (Lipinski definition) is 4. The van der Waals surface area contributed by atoms with Crippen LogP contribution in [0.2, 0.25) is 0 Å². The van der Waals surface area contributed by atoms with Gasteiger partial charge < -0.3 is 34.5 Å². The van der Waals surface area contributed by atoms with Crippen LogP contribution in [0.4, 0.5) is 0 Å². The van der Waals surface area contributed by atoms with Crippen LogP contribution in [0.15, 0.2) is 54.7 Å². The van der Waals surface area contributed by atoms with Crippen molar-refractivity contribution in [1.29, 1.82) is 0 Å². The molecule has 0 saturated carbocycles. The molecule has 5 atom stereocenters. The van der Waals surface area contributed by atoms with Gasteiger partial charge in [0.1, 0.15) is 36.3 Å². The maximum absolute atomic E-state index is 10.6. The molecule has 1 aliphatic heterocycles. The Bertz CT molecular complexity index is 967. The third-order valence-electron chi connectivity index (χ3n) is 5.53. The minimum absolute atomic E-state index is 0.452. The number of aromatic nitrogens is 1. The molecule has 0 aliphatic carbocycles. The zero-order chi connectivity index (χ0) is 20.5. The molecule has 0 bridgehead atoms. The maximum atomic E-state index is 10.6. The molecule has 29 heavy (non-hydrogen) atoms. The van der Waals surface area contributed by atoms with E-state index >= 15 is 0 Å². The lowest BCUT2D eigenvalue weighted by Crippen LogP contribution is -2.55. The molecule has 2 heterocycles. The van der Waals surface area contributed by atoms with Crippen LogP contribution in [0.3, 0.4) is 0 Å². The molecule has 3 aromatic rings. The number of fused-ring (bicyclic) bond motifs is 1. The summed E-state index contributed by atoms with van der Waals surface area (Å²) in [5, 5.41) is 41.2. The van der Waals surface area contributed by atoms with Gasteiger partial charge in [-0.1, -0.05) is 30.3 Å². The molecule has 154 valence electrons. The lowest BCUT2D eigenvalue weighted by molar-refractivity contribution is -0.231. The molecule has 4 N–H and O–H groups in total. The van der Waals surface area contributed by atoms with Crippen molar-refractivity contribution in [1.82, 2.24) is 4.57 Å². The summed E-state index contributed by atoms with van der Waals surface area (Å²) in [7, 11) is 1.63. The normalized spacial score (nSPS) is 27.3. The molecular weight excluding hydrogens is 374 g/mol. The van der Waals surface area contributed by atoms with Crippen molar-refractivity contribution in [3.8, 4) is 5.75 Å². The van der Waals surface area contributed by atoms with Gasteiger partial charge in [-0.25, -0.2) is 0 Å². The van der Waals surface area contributed by atoms with Crippen LogP contribution >= 0.6 is 0 Å². The molecule has 7 nitrogen and oxygen atoms in total. The van der Waals surface area contributed by atoms with Crippen LogP contribution in [0, 0.1) is 0 Å². The largest absolute Gasteiger partial charge is 0.497 e. The first-order valence-electron chi connectivity index (χ1n) is 9.54. The number of hydrogen-bond acceptors (Lipinski definition) is 6. The molecule has 1 aliphatic rings. The van der Waals surface area contributed by atoms with E-state index in [-0.39, 0.29) is 0 Å². The first-order valence-corrected chi connectivity index (χ1v) is 9.54. The van der Waals surface area contributed by atoms with Crippen LogP contribution in [-0.4, -0.2) is 63.1 Å². The van der Waals surface area contributed by atoms with E-state index in [0.717, 1.165) is 22.2 Å². The minimum atomic E-state index is -1.41. The number of aliphatic hydroxyl groups excluding tert-OH is 4. The summed E-state index contributed by atoms with van der Waals surface area (Å²) in [5.41, 5.74) is 2.73. The van der Waals surface area contributed by atoms with Crippen molar-refractivity contribution in [2.45, 2.75) is 37.1 Å². The summed E-state index contributed by atoms with van der Waals surface area (Å²) < 4.78 is 13.0. The lowest BCUT2D eigenvalue weighted by atomic mass is 9.91. The number of methoxy groups -OCH3 is 1. The van der Waals surface area contributed by atoms with Crippen LogP contribution in [-0.2, 0) is 11.3 Å². The fraction of sp³-hybridized carbons (Fsp3) is 0.364. The molecule has 0 amide bonds. The second kappa shape index (κ2) is 8.14. The molecule has 2 aromatic carbocycles. The summed E-state index contributed by atoms with van der Waals surface area (Å²) in [6.07, 6.45) is -4.02. The van der Waals surface area contributed by atoms with E-state index in [9.17, 15) is 20.4 Å². The summed E-state index contributed by atoms with van der Waals surface area (Å²) in [6, 6.07) is 15.5. The fourth-order valence-corrected chi connectivity index (χ4v) is 3.92. The third-order valence-corrected chi connectivity index (χ3v) is 5.53. The van der Waals surface area contributed by atoms with E-state index in [0.29, 0.717) is 12.1 Å². The van der Waals surface area contributed by atoms with E-state index in [4.69, 9.17) is 9.47 Å². The van der Waals surface area contributed by atoms with Gasteiger partial charge in [0.15, 0.2) is 0 Å². The van der Waals surface area contributed by atoms with Crippen LogP contribution < -0.4 is 4.74 Å². The van der Waals surface area contributed by atoms with Crippen LogP contribution in [0.25, 0.3) is 10.9 Å². The van der Waals surface area contributed by atoms with Crippen molar-refractivity contribution < 1.29 is 29.9 Å². The second-order valence-electron chi connectivity index (χ2n) is 7.33. The second-order valence-corrected chi connectivity index (χ2v) is 7.33. The molecule has 1 fully saturated rings. The molecular formula is C22H25NO6. The van der Waals surface area contributed by atoms with Gasteiger partial charge in [-0.2, -0.15) is 0 Å². The Balaban J connectivity index is 1.72. The standard InChI is InChI=1S/C22H25NO6/c1-28-14-8-6-13(7-9-14)10-23-11-16(15-4-2-3-5-17(15)23)22-21(27)20(26)19(25)18(12-24)29-22/h2-9,11,18-22,24-27H,10,12H2,1H3/t18-,19?,20+,21-,22+/m1/s1. The Morgan fingerprint density at radius 3 is 2.38 bits per heavy atom. The Labute approximate surface area is 168 Å². The van der Waals surface area contributed by atoms with Gasteiger partial charge in [-0.15, -0.1) is 0 Å². The Morgan fingerprint density at radius 1 is 0.966 bits per heavy atom. The van der Waals surface area contributed by atoms with E-state index < -0.39 is 37.1 Å². The monoisotopic (exact) mass is 399 g/mol. The summed E-state index contributed by atoms with van der Waals surface area (Å²) >= 11 is 0. The predicted octanol–water partition coefficient (Wildman–Crippen LogP) is 1.21. The minimum Gasteiger partial charge on any atom is -0.497 e. The topological polar surface area (TPSA) is 104 Å². The molecule has 0 spiro atoms. The highest BCUT2D eigenvalue weighted by Gasteiger charge is 2.44.